The topological polar surface area (TPSA) is 72.2 Å². The Hall–Kier alpha value is -2.07. The van der Waals surface area contributed by atoms with E-state index in [4.69, 9.17) is 9.47 Å². The zero-order valence-electron chi connectivity index (χ0n) is 12.0. The third-order valence-corrected chi connectivity index (χ3v) is 4.37. The molecule has 22 heavy (non-hydrogen) atoms. The third kappa shape index (κ3) is 2.92. The van der Waals surface area contributed by atoms with E-state index in [0.717, 1.165) is 11.3 Å². The van der Waals surface area contributed by atoms with E-state index < -0.39 is 12.2 Å². The van der Waals surface area contributed by atoms with Crippen molar-refractivity contribution >= 4 is 17.1 Å². The number of ketones is 1. The van der Waals surface area contributed by atoms with E-state index >= 15 is 0 Å². The van der Waals surface area contributed by atoms with E-state index in [0.29, 0.717) is 23.8 Å². The number of aryl methyl sites for hydroxylation is 1. The normalized spacial score (nSPS) is 16.4. The van der Waals surface area contributed by atoms with Gasteiger partial charge in [0.1, 0.15) is 5.01 Å². The number of carbonyl (C=O) groups is 1. The maximum Gasteiger partial charge on any atom is 0.186 e. The summed E-state index contributed by atoms with van der Waals surface area (Å²) in [7, 11) is 0. The summed E-state index contributed by atoms with van der Waals surface area (Å²) < 4.78 is 10.9. The van der Waals surface area contributed by atoms with Crippen LogP contribution in [0, 0.1) is 18.3 Å². The van der Waals surface area contributed by atoms with E-state index in [2.05, 4.69) is 11.1 Å². The number of benzene rings is 1. The first-order valence-electron chi connectivity index (χ1n) is 6.88. The van der Waals surface area contributed by atoms with Gasteiger partial charge in [0, 0.05) is 22.2 Å². The lowest BCUT2D eigenvalue weighted by Crippen LogP contribution is -2.12. The van der Waals surface area contributed by atoms with Crippen LogP contribution in [0.15, 0.2) is 29.6 Å². The average Bonchev–Trinajstić information content (AvgIpc) is 3.20. The van der Waals surface area contributed by atoms with Gasteiger partial charge in [0.05, 0.1) is 19.3 Å². The van der Waals surface area contributed by atoms with Gasteiger partial charge in [0.2, 0.25) is 0 Å². The first-order valence-corrected chi connectivity index (χ1v) is 7.76. The minimum Gasteiger partial charge on any atom is -0.346 e. The van der Waals surface area contributed by atoms with Crippen LogP contribution in [-0.2, 0) is 9.47 Å². The van der Waals surface area contributed by atoms with Gasteiger partial charge in [-0.25, -0.2) is 4.98 Å². The van der Waals surface area contributed by atoms with Crippen molar-refractivity contribution in [2.75, 3.05) is 13.2 Å². The Morgan fingerprint density at radius 1 is 1.45 bits per heavy atom. The van der Waals surface area contributed by atoms with Crippen LogP contribution in [0.3, 0.4) is 0 Å². The molecular weight excluding hydrogens is 300 g/mol. The molecule has 1 aliphatic rings. The van der Waals surface area contributed by atoms with Crippen molar-refractivity contribution in [3.63, 3.8) is 0 Å². The molecule has 112 valence electrons. The number of carbonyl (C=O) groups excluding carboxylic acids is 1. The van der Waals surface area contributed by atoms with E-state index in [-0.39, 0.29) is 5.78 Å². The smallest absolute Gasteiger partial charge is 0.186 e. The average molecular weight is 314 g/mol. The summed E-state index contributed by atoms with van der Waals surface area (Å²) in [5.41, 5.74) is 2.07. The molecule has 2 aromatic rings. The largest absolute Gasteiger partial charge is 0.346 e. The molecule has 5 nitrogen and oxygen atoms in total. The second kappa shape index (κ2) is 6.36. The molecule has 1 fully saturated rings. The fourth-order valence-electron chi connectivity index (χ4n) is 2.29. The van der Waals surface area contributed by atoms with Gasteiger partial charge in [-0.1, -0.05) is 18.2 Å². The number of thiazole rings is 1. The molecule has 1 aliphatic heterocycles. The van der Waals surface area contributed by atoms with Gasteiger partial charge in [-0.3, -0.25) is 4.79 Å². The second-order valence-corrected chi connectivity index (χ2v) is 5.84. The SMILES string of the molecule is Cc1csc(C(C#N)C(=O)c2cccc(C3OCCO3)c2)n1. The van der Waals surface area contributed by atoms with E-state index in [9.17, 15) is 10.1 Å². The lowest BCUT2D eigenvalue weighted by atomic mass is 9.97. The Kier molecular flexibility index (Phi) is 4.29. The van der Waals surface area contributed by atoms with Crippen LogP contribution in [0.4, 0.5) is 0 Å². The molecule has 2 heterocycles. The zero-order valence-corrected chi connectivity index (χ0v) is 12.8. The highest BCUT2D eigenvalue weighted by Crippen LogP contribution is 2.27. The molecule has 1 saturated heterocycles. The van der Waals surface area contributed by atoms with Crippen molar-refractivity contribution < 1.29 is 14.3 Å². The maximum atomic E-state index is 12.6. The van der Waals surface area contributed by atoms with Crippen molar-refractivity contribution in [2.24, 2.45) is 0 Å². The number of nitrogens with zero attached hydrogens (tertiary/aromatic N) is 2. The van der Waals surface area contributed by atoms with Crippen molar-refractivity contribution in [3.05, 3.63) is 51.5 Å². The van der Waals surface area contributed by atoms with Gasteiger partial charge < -0.3 is 9.47 Å². The number of Topliss-reactive ketones (excluding diaryl/α,β-unsaturated/α-hetero) is 1. The molecule has 1 aromatic heterocycles. The molecule has 0 amide bonds. The molecular formula is C16H14N2O3S. The summed E-state index contributed by atoms with van der Waals surface area (Å²) in [5.74, 6) is -1.13. The Bertz CT molecular complexity index is 729. The van der Waals surface area contributed by atoms with Crippen LogP contribution in [0.1, 0.15) is 38.8 Å². The standard InChI is InChI=1S/C16H14N2O3S/c1-10-9-22-15(18-10)13(8-17)14(19)11-3-2-4-12(7-11)16-20-5-6-21-16/h2-4,7,9,13,16H,5-6H2,1H3. The van der Waals surface area contributed by atoms with Gasteiger partial charge in [-0.2, -0.15) is 5.26 Å². The Balaban J connectivity index is 1.87. The molecule has 0 N–H and O–H groups in total. The highest BCUT2D eigenvalue weighted by Gasteiger charge is 2.26. The van der Waals surface area contributed by atoms with Crippen molar-refractivity contribution in [3.8, 4) is 6.07 Å². The molecule has 0 saturated carbocycles. The van der Waals surface area contributed by atoms with Crippen LogP contribution in [0.5, 0.6) is 0 Å². The fourth-order valence-corrected chi connectivity index (χ4v) is 3.12. The first-order chi connectivity index (χ1) is 10.7. The number of hydrogen-bond acceptors (Lipinski definition) is 6. The quantitative estimate of drug-likeness (QED) is 0.811. The highest BCUT2D eigenvalue weighted by molar-refractivity contribution is 7.10. The van der Waals surface area contributed by atoms with Crippen LogP contribution >= 0.6 is 11.3 Å². The number of aromatic nitrogens is 1. The van der Waals surface area contributed by atoms with Gasteiger partial charge in [-0.15, -0.1) is 11.3 Å². The summed E-state index contributed by atoms with van der Waals surface area (Å²) >= 11 is 1.33. The predicted molar refractivity (Wildman–Crippen MR) is 80.6 cm³/mol. The molecule has 1 aromatic carbocycles. The van der Waals surface area contributed by atoms with E-state index in [1.54, 1.807) is 18.2 Å². The maximum absolute atomic E-state index is 12.6. The minimum absolute atomic E-state index is 0.253. The number of nitriles is 1. The number of ether oxygens (including phenoxy) is 2. The molecule has 0 aliphatic carbocycles. The van der Waals surface area contributed by atoms with Crippen LogP contribution in [0.25, 0.3) is 0 Å². The lowest BCUT2D eigenvalue weighted by Gasteiger charge is -2.11. The minimum atomic E-state index is -0.876. The zero-order chi connectivity index (χ0) is 15.5. The van der Waals surface area contributed by atoms with Gasteiger partial charge in [0.25, 0.3) is 0 Å². The summed E-state index contributed by atoms with van der Waals surface area (Å²) in [4.78, 5) is 16.9. The first kappa shape index (κ1) is 14.9. The molecule has 0 spiro atoms. The second-order valence-electron chi connectivity index (χ2n) is 4.95. The van der Waals surface area contributed by atoms with Crippen molar-refractivity contribution in [2.45, 2.75) is 19.1 Å². The molecule has 3 rings (SSSR count). The number of rotatable bonds is 4. The molecule has 0 bridgehead atoms. The Morgan fingerprint density at radius 3 is 2.86 bits per heavy atom. The molecule has 1 atom stereocenters. The van der Waals surface area contributed by atoms with Crippen LogP contribution in [0.2, 0.25) is 0 Å². The van der Waals surface area contributed by atoms with E-state index in [1.165, 1.54) is 11.3 Å². The Labute approximate surface area is 132 Å². The van der Waals surface area contributed by atoms with Crippen LogP contribution < -0.4 is 0 Å². The summed E-state index contributed by atoms with van der Waals surface area (Å²) in [6, 6.07) is 9.10. The summed E-state index contributed by atoms with van der Waals surface area (Å²) in [6.07, 6.45) is -0.435. The summed E-state index contributed by atoms with van der Waals surface area (Å²) in [6.45, 7) is 2.93. The van der Waals surface area contributed by atoms with Gasteiger partial charge >= 0.3 is 0 Å². The third-order valence-electron chi connectivity index (χ3n) is 3.34. The predicted octanol–water partition coefficient (Wildman–Crippen LogP) is 2.99. The molecule has 0 radical (unpaired) electrons. The monoisotopic (exact) mass is 314 g/mol. The van der Waals surface area contributed by atoms with Crippen molar-refractivity contribution in [1.82, 2.24) is 4.98 Å². The lowest BCUT2D eigenvalue weighted by molar-refractivity contribution is -0.0441. The molecule has 1 unspecified atom stereocenters. The highest BCUT2D eigenvalue weighted by atomic mass is 32.1. The van der Waals surface area contributed by atoms with E-state index in [1.807, 2.05) is 18.4 Å². The Morgan fingerprint density at radius 2 is 2.23 bits per heavy atom. The molecule has 6 heteroatoms. The van der Waals surface area contributed by atoms with Crippen LogP contribution in [-0.4, -0.2) is 24.0 Å². The van der Waals surface area contributed by atoms with Gasteiger partial charge in [-0.05, 0) is 13.0 Å². The fraction of sp³-hybridized carbons (Fsp3) is 0.312. The summed E-state index contributed by atoms with van der Waals surface area (Å²) in [5, 5.41) is 11.7. The van der Waals surface area contributed by atoms with Gasteiger partial charge in [0.15, 0.2) is 18.0 Å². The number of hydrogen-bond donors (Lipinski definition) is 0. The van der Waals surface area contributed by atoms with Crippen molar-refractivity contribution in [1.29, 1.82) is 5.26 Å².